The van der Waals surface area contributed by atoms with E-state index in [2.05, 4.69) is 10.6 Å². The van der Waals surface area contributed by atoms with Crippen LogP contribution in [0.15, 0.2) is 48.3 Å². The minimum atomic E-state index is -0.491. The van der Waals surface area contributed by atoms with Gasteiger partial charge in [0.15, 0.2) is 0 Å². The van der Waals surface area contributed by atoms with Crippen LogP contribution < -0.4 is 10.6 Å². The highest BCUT2D eigenvalue weighted by atomic mass is 16.2. The molecule has 2 aromatic rings. The van der Waals surface area contributed by atoms with Crippen LogP contribution in [0.2, 0.25) is 0 Å². The van der Waals surface area contributed by atoms with Crippen molar-refractivity contribution in [3.8, 4) is 5.69 Å². The van der Waals surface area contributed by atoms with Crippen LogP contribution in [-0.4, -0.2) is 16.5 Å². The molecule has 0 bridgehead atoms. The molecule has 0 radical (unpaired) electrons. The van der Waals surface area contributed by atoms with Crippen molar-refractivity contribution in [3.63, 3.8) is 0 Å². The summed E-state index contributed by atoms with van der Waals surface area (Å²) >= 11 is 0. The number of urea groups is 1. The van der Waals surface area contributed by atoms with Gasteiger partial charge in [-0.3, -0.25) is 10.1 Å². The molecule has 5 nitrogen and oxygen atoms in total. The zero-order chi connectivity index (χ0) is 14.1. The lowest BCUT2D eigenvalue weighted by atomic mass is 10.2. The molecule has 1 fully saturated rings. The lowest BCUT2D eigenvalue weighted by Gasteiger charge is -2.10. The molecular formula is C15H13N3O2. The topological polar surface area (TPSA) is 63.1 Å². The molecule has 1 aromatic carbocycles. The van der Waals surface area contributed by atoms with Crippen LogP contribution >= 0.6 is 0 Å². The first-order valence-electron chi connectivity index (χ1n) is 6.22. The summed E-state index contributed by atoms with van der Waals surface area (Å²) in [6.45, 7) is 2.02. The lowest BCUT2D eigenvalue weighted by molar-refractivity contribution is -0.115. The number of nitrogens with one attached hydrogen (secondary N) is 2. The highest BCUT2D eigenvalue weighted by Crippen LogP contribution is 2.18. The van der Waals surface area contributed by atoms with E-state index >= 15 is 0 Å². The third-order valence-corrected chi connectivity index (χ3v) is 3.17. The number of hydrogen-bond acceptors (Lipinski definition) is 2. The molecule has 0 unspecified atom stereocenters. The van der Waals surface area contributed by atoms with Gasteiger partial charge in [-0.05, 0) is 36.8 Å². The van der Waals surface area contributed by atoms with Crippen LogP contribution in [-0.2, 0) is 4.79 Å². The fraction of sp³-hybridized carbons (Fsp3) is 0.0667. The Bertz CT molecular complexity index is 728. The Hall–Kier alpha value is -2.82. The number of nitrogens with zero attached hydrogens (tertiary/aromatic N) is 1. The predicted octanol–water partition coefficient (Wildman–Crippen LogP) is 1.97. The average Bonchev–Trinajstić information content (AvgIpc) is 2.98. The minimum absolute atomic E-state index is 0.253. The average molecular weight is 267 g/mol. The lowest BCUT2D eigenvalue weighted by Crippen LogP contribution is -2.22. The van der Waals surface area contributed by atoms with Crippen LogP contribution in [0.1, 0.15) is 11.3 Å². The summed E-state index contributed by atoms with van der Waals surface area (Å²) in [5.74, 6) is -0.410. The Morgan fingerprint density at radius 3 is 2.55 bits per heavy atom. The van der Waals surface area contributed by atoms with Crippen molar-refractivity contribution in [2.45, 2.75) is 6.92 Å². The van der Waals surface area contributed by atoms with Gasteiger partial charge in [-0.15, -0.1) is 0 Å². The number of aromatic nitrogens is 1. The summed E-state index contributed by atoms with van der Waals surface area (Å²) in [4.78, 5) is 22.7. The summed E-state index contributed by atoms with van der Waals surface area (Å²) < 4.78 is 1.97. The Labute approximate surface area is 115 Å². The van der Waals surface area contributed by atoms with Crippen LogP contribution in [0.3, 0.4) is 0 Å². The van der Waals surface area contributed by atoms with Gasteiger partial charge < -0.3 is 9.88 Å². The fourth-order valence-corrected chi connectivity index (χ4v) is 2.20. The Kier molecular flexibility index (Phi) is 2.87. The smallest absolute Gasteiger partial charge is 0.317 e. The molecule has 0 spiro atoms. The Morgan fingerprint density at radius 1 is 1.05 bits per heavy atom. The molecule has 5 heteroatoms. The first-order chi connectivity index (χ1) is 9.65. The molecular weight excluding hydrogens is 254 g/mol. The van der Waals surface area contributed by atoms with Gasteiger partial charge in [-0.1, -0.05) is 18.2 Å². The summed E-state index contributed by atoms with van der Waals surface area (Å²) in [6, 6.07) is 11.3. The fourth-order valence-electron chi connectivity index (χ4n) is 2.20. The maximum Gasteiger partial charge on any atom is 0.326 e. The van der Waals surface area contributed by atoms with Gasteiger partial charge in [0.1, 0.15) is 5.70 Å². The van der Waals surface area contributed by atoms with Crippen molar-refractivity contribution in [1.82, 2.24) is 15.2 Å². The largest absolute Gasteiger partial charge is 0.326 e. The second-order valence-electron chi connectivity index (χ2n) is 4.56. The Balaban J connectivity index is 2.04. The number of imide groups is 1. The second kappa shape index (κ2) is 4.70. The monoisotopic (exact) mass is 267 g/mol. The molecule has 0 atom stereocenters. The van der Waals surface area contributed by atoms with Gasteiger partial charge in [0, 0.05) is 17.6 Å². The van der Waals surface area contributed by atoms with Gasteiger partial charge in [-0.2, -0.15) is 0 Å². The third-order valence-electron chi connectivity index (χ3n) is 3.17. The summed E-state index contributed by atoms with van der Waals surface area (Å²) in [5.41, 5.74) is 3.24. The van der Waals surface area contributed by atoms with Gasteiger partial charge in [0.2, 0.25) is 0 Å². The van der Waals surface area contributed by atoms with E-state index < -0.39 is 11.9 Å². The molecule has 1 saturated heterocycles. The van der Waals surface area contributed by atoms with Gasteiger partial charge >= 0.3 is 6.03 Å². The second-order valence-corrected chi connectivity index (χ2v) is 4.56. The van der Waals surface area contributed by atoms with Crippen LogP contribution in [0.5, 0.6) is 0 Å². The van der Waals surface area contributed by atoms with Crippen molar-refractivity contribution < 1.29 is 9.59 Å². The molecule has 1 aromatic heterocycles. The molecule has 100 valence electrons. The van der Waals surface area contributed by atoms with Crippen molar-refractivity contribution in [1.29, 1.82) is 0 Å². The van der Waals surface area contributed by atoms with Crippen LogP contribution in [0.4, 0.5) is 4.79 Å². The third kappa shape index (κ3) is 2.09. The molecule has 2 N–H and O–H groups in total. The van der Waals surface area contributed by atoms with E-state index in [-0.39, 0.29) is 5.70 Å². The van der Waals surface area contributed by atoms with Crippen LogP contribution in [0, 0.1) is 6.92 Å². The van der Waals surface area contributed by atoms with Gasteiger partial charge in [-0.25, -0.2) is 4.79 Å². The number of amides is 3. The van der Waals surface area contributed by atoms with Crippen molar-refractivity contribution in [3.05, 3.63) is 59.5 Å². The zero-order valence-electron chi connectivity index (χ0n) is 10.9. The SMILES string of the molecule is Cc1ccccc1-n1cccc1C=C1NC(=O)NC1=O. The van der Waals surface area contributed by atoms with E-state index in [0.717, 1.165) is 16.9 Å². The van der Waals surface area contributed by atoms with Crippen LogP contribution in [0.25, 0.3) is 11.8 Å². The molecule has 1 aliphatic rings. The number of para-hydroxylation sites is 1. The molecule has 3 rings (SSSR count). The summed E-state index contributed by atoms with van der Waals surface area (Å²) in [7, 11) is 0. The minimum Gasteiger partial charge on any atom is -0.317 e. The van der Waals surface area contributed by atoms with Crippen molar-refractivity contribution in [2.75, 3.05) is 0 Å². The maximum atomic E-state index is 11.6. The maximum absolute atomic E-state index is 11.6. The quantitative estimate of drug-likeness (QED) is 0.645. The van der Waals surface area contributed by atoms with E-state index in [1.807, 2.05) is 54.1 Å². The van der Waals surface area contributed by atoms with E-state index in [1.165, 1.54) is 0 Å². The highest BCUT2D eigenvalue weighted by molar-refractivity contribution is 6.13. The summed E-state index contributed by atoms with van der Waals surface area (Å²) in [6.07, 6.45) is 3.58. The standard InChI is InChI=1S/C15H13N3O2/c1-10-5-2-3-7-13(10)18-8-4-6-11(18)9-12-14(19)17-15(20)16-12/h2-9H,1H3,(H2,16,17,19,20). The van der Waals surface area contributed by atoms with Gasteiger partial charge in [0.05, 0.1) is 0 Å². The number of carbonyl (C=O) groups is 2. The number of aryl methyl sites for hydroxylation is 1. The van der Waals surface area contributed by atoms with Crippen molar-refractivity contribution in [2.24, 2.45) is 0 Å². The number of hydrogen-bond donors (Lipinski definition) is 2. The molecule has 0 aliphatic carbocycles. The Morgan fingerprint density at radius 2 is 1.85 bits per heavy atom. The first-order valence-corrected chi connectivity index (χ1v) is 6.22. The van der Waals surface area contributed by atoms with E-state index in [9.17, 15) is 9.59 Å². The van der Waals surface area contributed by atoms with Crippen molar-refractivity contribution >= 4 is 18.0 Å². The number of rotatable bonds is 2. The van der Waals surface area contributed by atoms with E-state index in [0.29, 0.717) is 0 Å². The predicted molar refractivity (Wildman–Crippen MR) is 75.2 cm³/mol. The number of benzene rings is 1. The normalized spacial score (nSPS) is 16.4. The molecule has 20 heavy (non-hydrogen) atoms. The highest BCUT2D eigenvalue weighted by Gasteiger charge is 2.23. The first kappa shape index (κ1) is 12.2. The van der Waals surface area contributed by atoms with E-state index in [1.54, 1.807) is 6.08 Å². The molecule has 2 heterocycles. The van der Waals surface area contributed by atoms with Gasteiger partial charge in [0.25, 0.3) is 5.91 Å². The molecule has 0 saturated carbocycles. The summed E-state index contributed by atoms with van der Waals surface area (Å²) in [5, 5.41) is 4.67. The molecule has 1 aliphatic heterocycles. The molecule has 3 amide bonds. The van der Waals surface area contributed by atoms with E-state index in [4.69, 9.17) is 0 Å². The number of carbonyl (C=O) groups excluding carboxylic acids is 2. The zero-order valence-corrected chi connectivity index (χ0v) is 10.9.